The van der Waals surface area contributed by atoms with Crippen LogP contribution in [0.4, 0.5) is 39.5 Å². The lowest BCUT2D eigenvalue weighted by Crippen LogP contribution is -2.63. The van der Waals surface area contributed by atoms with Crippen molar-refractivity contribution in [3.05, 3.63) is 0 Å². The van der Waals surface area contributed by atoms with E-state index < -0.39 is 43.7 Å². The van der Waals surface area contributed by atoms with Crippen LogP contribution in [0.5, 0.6) is 0 Å². The van der Waals surface area contributed by atoms with Gasteiger partial charge in [0.25, 0.3) is 0 Å². The summed E-state index contributed by atoms with van der Waals surface area (Å²) in [5, 5.41) is -6.80. The molecule has 0 saturated carbocycles. The smallest absolute Gasteiger partial charge is 0.216 e. The zero-order valence-electron chi connectivity index (χ0n) is 16.1. The van der Waals surface area contributed by atoms with Crippen LogP contribution in [0.1, 0.15) is 51.9 Å². The number of alkyl halides is 9. The van der Waals surface area contributed by atoms with Gasteiger partial charge in [-0.1, -0.05) is 45.4 Å². The van der Waals surface area contributed by atoms with Gasteiger partial charge in [0.1, 0.15) is 0 Å². The molecule has 0 aliphatic rings. The highest BCUT2D eigenvalue weighted by Gasteiger charge is 2.86. The van der Waals surface area contributed by atoms with Gasteiger partial charge in [0.2, 0.25) is 0 Å². The molecule has 0 atom stereocenters. The second-order valence-corrected chi connectivity index (χ2v) is 12.2. The molecule has 0 radical (unpaired) electrons. The molecule has 0 spiro atoms. The molecular weight excluding hydrogens is 463 g/mol. The Kier molecular flexibility index (Phi) is 9.71. The van der Waals surface area contributed by atoms with Crippen molar-refractivity contribution in [3.8, 4) is 0 Å². The third kappa shape index (κ3) is 6.81. The first-order valence-electron chi connectivity index (χ1n) is 8.63. The Bertz CT molecular complexity index is 617. The summed E-state index contributed by atoms with van der Waals surface area (Å²) in [4.78, 5) is 0. The van der Waals surface area contributed by atoms with Crippen LogP contribution in [-0.2, 0) is 13.7 Å². The van der Waals surface area contributed by atoms with Crippen LogP contribution in [0, 0.1) is 0 Å². The predicted molar refractivity (Wildman–Crippen MR) is 93.2 cm³/mol. The highest BCUT2D eigenvalue weighted by molar-refractivity contribution is 8.32. The Labute approximate surface area is 166 Å². The van der Waals surface area contributed by atoms with E-state index in [1.165, 1.54) is 0 Å². The lowest BCUT2D eigenvalue weighted by molar-refractivity contribution is -0.382. The molecule has 3 nitrogen and oxygen atoms in total. The minimum atomic E-state index is -7.29. The van der Waals surface area contributed by atoms with Crippen LogP contribution >= 0.6 is 10.3 Å². The standard InChI is InChI=1S/C15H25F9O3S2/c1-4-5-6-7-8-9-10-11-28(2,3)27-29(25,26)15(23,24)13(18,19)12(16,17)14(20,21)22/h4-11H2,1-3H3. The summed E-state index contributed by atoms with van der Waals surface area (Å²) in [6, 6.07) is 0. The van der Waals surface area contributed by atoms with E-state index in [-0.39, 0.29) is 12.2 Å². The van der Waals surface area contributed by atoms with E-state index >= 15 is 0 Å². The predicted octanol–water partition coefficient (Wildman–Crippen LogP) is 6.49. The van der Waals surface area contributed by atoms with Crippen LogP contribution in [-0.4, -0.2) is 50.0 Å². The molecule has 0 amide bonds. The molecule has 0 N–H and O–H groups in total. The molecule has 0 bridgehead atoms. The molecule has 0 unspecified atom stereocenters. The monoisotopic (exact) mass is 488 g/mol. The fourth-order valence-corrected chi connectivity index (χ4v) is 6.14. The Morgan fingerprint density at radius 3 is 1.52 bits per heavy atom. The first-order chi connectivity index (χ1) is 12.8. The maximum absolute atomic E-state index is 13.7. The van der Waals surface area contributed by atoms with E-state index in [0.29, 0.717) is 6.42 Å². The lowest BCUT2D eigenvalue weighted by atomic mass is 10.1. The van der Waals surface area contributed by atoms with Crippen molar-refractivity contribution in [1.82, 2.24) is 0 Å². The summed E-state index contributed by atoms with van der Waals surface area (Å²) in [7, 11) is -9.79. The molecule has 0 aliphatic heterocycles. The van der Waals surface area contributed by atoms with Gasteiger partial charge in [-0.25, -0.2) is 3.63 Å². The van der Waals surface area contributed by atoms with Gasteiger partial charge < -0.3 is 0 Å². The van der Waals surface area contributed by atoms with Crippen molar-refractivity contribution in [2.24, 2.45) is 0 Å². The van der Waals surface area contributed by atoms with Gasteiger partial charge in [-0.05, 0) is 24.7 Å². The first kappa shape index (κ1) is 28.6. The van der Waals surface area contributed by atoms with Crippen LogP contribution in [0.25, 0.3) is 0 Å². The third-order valence-corrected chi connectivity index (χ3v) is 8.29. The highest BCUT2D eigenvalue weighted by Crippen LogP contribution is 2.57. The lowest BCUT2D eigenvalue weighted by Gasteiger charge is -2.36. The van der Waals surface area contributed by atoms with Gasteiger partial charge in [0, 0.05) is 0 Å². The average Bonchev–Trinajstić information content (AvgIpc) is 2.51. The van der Waals surface area contributed by atoms with Gasteiger partial charge in [0.05, 0.1) is 0 Å². The molecule has 0 aromatic rings. The average molecular weight is 488 g/mol. The molecule has 178 valence electrons. The van der Waals surface area contributed by atoms with Crippen LogP contribution in [0.15, 0.2) is 0 Å². The summed E-state index contributed by atoms with van der Waals surface area (Å²) in [6.07, 6.45) is 0.372. The van der Waals surface area contributed by atoms with Crippen LogP contribution < -0.4 is 0 Å². The first-order valence-corrected chi connectivity index (χ1v) is 12.6. The summed E-state index contributed by atoms with van der Waals surface area (Å²) < 4.78 is 143. The van der Waals surface area contributed by atoms with Gasteiger partial charge in [0.15, 0.2) is 0 Å². The second kappa shape index (κ2) is 9.84. The maximum atomic E-state index is 13.7. The number of hydrogen-bond donors (Lipinski definition) is 0. The van der Waals surface area contributed by atoms with Crippen LogP contribution in [0.3, 0.4) is 0 Å². The highest BCUT2D eigenvalue weighted by atomic mass is 32.3. The molecule has 0 fully saturated rings. The van der Waals surface area contributed by atoms with E-state index in [4.69, 9.17) is 0 Å². The van der Waals surface area contributed by atoms with Crippen molar-refractivity contribution in [2.75, 3.05) is 18.3 Å². The fourth-order valence-electron chi connectivity index (χ4n) is 2.24. The normalized spacial score (nSPS) is 15.6. The Morgan fingerprint density at radius 2 is 1.10 bits per heavy atom. The van der Waals surface area contributed by atoms with Crippen molar-refractivity contribution in [3.63, 3.8) is 0 Å². The van der Waals surface area contributed by atoms with Gasteiger partial charge in [-0.15, -0.1) is 10.3 Å². The van der Waals surface area contributed by atoms with Crippen molar-refractivity contribution in [2.45, 2.75) is 75.1 Å². The van der Waals surface area contributed by atoms with Gasteiger partial charge in [-0.2, -0.15) is 47.9 Å². The minimum absolute atomic E-state index is 0.142. The van der Waals surface area contributed by atoms with E-state index in [1.54, 1.807) is 0 Å². The summed E-state index contributed by atoms with van der Waals surface area (Å²) in [5.41, 5.74) is 0. The Morgan fingerprint density at radius 1 is 0.690 bits per heavy atom. The van der Waals surface area contributed by atoms with E-state index in [9.17, 15) is 47.9 Å². The SMILES string of the molecule is CCCCCCCCCS(C)(C)OS(=O)(=O)C(F)(F)C(F)(F)C(F)(F)C(F)(F)F. The zero-order chi connectivity index (χ0) is 23.4. The van der Waals surface area contributed by atoms with Crippen molar-refractivity contribution >= 4 is 20.4 Å². The number of unbranched alkanes of at least 4 members (excludes halogenated alkanes) is 6. The molecule has 29 heavy (non-hydrogen) atoms. The molecule has 0 aliphatic carbocycles. The number of rotatable bonds is 13. The van der Waals surface area contributed by atoms with E-state index in [2.05, 4.69) is 3.63 Å². The summed E-state index contributed by atoms with van der Waals surface area (Å²) >= 11 is 0. The summed E-state index contributed by atoms with van der Waals surface area (Å²) in [6.45, 7) is 2.01. The van der Waals surface area contributed by atoms with Gasteiger partial charge >= 0.3 is 33.4 Å². The van der Waals surface area contributed by atoms with Crippen molar-refractivity contribution < 1.29 is 51.6 Å². The number of hydrogen-bond acceptors (Lipinski definition) is 3. The quantitative estimate of drug-likeness (QED) is 0.220. The third-order valence-electron chi connectivity index (χ3n) is 3.94. The molecule has 0 saturated heterocycles. The van der Waals surface area contributed by atoms with E-state index in [1.807, 2.05) is 6.92 Å². The largest absolute Gasteiger partial charge is 0.460 e. The maximum Gasteiger partial charge on any atom is 0.460 e. The number of halogens is 9. The Hall–Kier alpha value is -0.370. The summed E-state index contributed by atoms with van der Waals surface area (Å²) in [5.74, 6) is -14.7. The Balaban J connectivity index is 5.22. The molecule has 0 aromatic heterocycles. The molecular formula is C15H25F9O3S2. The molecule has 0 rings (SSSR count). The zero-order valence-corrected chi connectivity index (χ0v) is 17.7. The fraction of sp³-hybridized carbons (Fsp3) is 1.00. The second-order valence-electron chi connectivity index (χ2n) is 6.95. The van der Waals surface area contributed by atoms with E-state index in [0.717, 1.165) is 44.6 Å². The van der Waals surface area contributed by atoms with Crippen molar-refractivity contribution in [1.29, 1.82) is 0 Å². The van der Waals surface area contributed by atoms with Gasteiger partial charge in [-0.3, -0.25) is 0 Å². The van der Waals surface area contributed by atoms with Crippen LogP contribution in [0.2, 0.25) is 0 Å². The minimum Gasteiger partial charge on any atom is -0.216 e. The molecule has 0 aromatic carbocycles. The molecule has 14 heteroatoms. The topological polar surface area (TPSA) is 43.4 Å². The molecule has 0 heterocycles.